The number of hydrogen-bond donors (Lipinski definition) is 1. The van der Waals surface area contributed by atoms with Gasteiger partial charge in [-0.3, -0.25) is 10.1 Å². The molecule has 21 heavy (non-hydrogen) atoms. The molecule has 0 saturated carbocycles. The molecule has 1 N–H and O–H groups in total. The van der Waals surface area contributed by atoms with Gasteiger partial charge in [-0.15, -0.1) is 0 Å². The van der Waals surface area contributed by atoms with Gasteiger partial charge in [0.15, 0.2) is 0 Å². The summed E-state index contributed by atoms with van der Waals surface area (Å²) in [5, 5.41) is 9.25. The van der Waals surface area contributed by atoms with E-state index in [-0.39, 0.29) is 6.10 Å². The summed E-state index contributed by atoms with van der Waals surface area (Å²) in [6.07, 6.45) is 3.59. The smallest absolute Gasteiger partial charge is 0.138 e. The third-order valence-electron chi connectivity index (χ3n) is 3.05. The van der Waals surface area contributed by atoms with E-state index in [0.29, 0.717) is 4.64 Å². The van der Waals surface area contributed by atoms with E-state index in [1.807, 2.05) is 44.2 Å². The van der Waals surface area contributed by atoms with Crippen molar-refractivity contribution in [1.29, 1.82) is 0 Å². The summed E-state index contributed by atoms with van der Waals surface area (Å²) in [5.74, 6) is 0.732. The zero-order valence-electron chi connectivity index (χ0n) is 11.8. The van der Waals surface area contributed by atoms with Crippen molar-refractivity contribution in [2.45, 2.75) is 20.0 Å². The first-order valence-corrected chi connectivity index (χ1v) is 7.15. The average molecular weight is 297 g/mol. The number of rotatable bonds is 3. The van der Waals surface area contributed by atoms with Gasteiger partial charge in [0.25, 0.3) is 0 Å². The average Bonchev–Trinajstić information content (AvgIpc) is 2.47. The van der Waals surface area contributed by atoms with Gasteiger partial charge in [0.1, 0.15) is 16.1 Å². The Bertz CT molecular complexity index is 842. The van der Waals surface area contributed by atoms with E-state index < -0.39 is 0 Å². The van der Waals surface area contributed by atoms with Crippen LogP contribution in [0.5, 0.6) is 5.75 Å². The van der Waals surface area contributed by atoms with Gasteiger partial charge in [0, 0.05) is 22.5 Å². The highest BCUT2D eigenvalue weighted by atomic mass is 32.1. The van der Waals surface area contributed by atoms with Gasteiger partial charge in [0.2, 0.25) is 0 Å². The zero-order chi connectivity index (χ0) is 14.8. The lowest BCUT2D eigenvalue weighted by Crippen LogP contribution is -2.05. The molecule has 106 valence electrons. The Kier molecular flexibility index (Phi) is 3.66. The number of benzene rings is 1. The summed E-state index contributed by atoms with van der Waals surface area (Å²) >= 11 is 5.29. The largest absolute Gasteiger partial charge is 0.489 e. The lowest BCUT2D eigenvalue weighted by atomic mass is 10.1. The number of aromatic nitrogens is 3. The molecular formula is C16H15N3OS. The molecule has 3 aromatic rings. The van der Waals surface area contributed by atoms with Gasteiger partial charge in [0.05, 0.1) is 12.3 Å². The van der Waals surface area contributed by atoms with Crippen molar-refractivity contribution in [2.24, 2.45) is 0 Å². The minimum atomic E-state index is 0.105. The Morgan fingerprint density at radius 1 is 1.14 bits per heavy atom. The van der Waals surface area contributed by atoms with Crippen LogP contribution < -0.4 is 4.74 Å². The van der Waals surface area contributed by atoms with E-state index in [9.17, 15) is 0 Å². The van der Waals surface area contributed by atoms with Crippen LogP contribution in [0, 0.1) is 4.64 Å². The van der Waals surface area contributed by atoms with Gasteiger partial charge < -0.3 is 4.74 Å². The van der Waals surface area contributed by atoms with Crippen LogP contribution in [0.2, 0.25) is 0 Å². The third-order valence-corrected chi connectivity index (χ3v) is 3.37. The lowest BCUT2D eigenvalue weighted by Gasteiger charge is -2.11. The summed E-state index contributed by atoms with van der Waals surface area (Å²) < 4.78 is 6.33. The molecule has 0 aliphatic heterocycles. The number of pyridine rings is 1. The molecule has 0 spiro atoms. The van der Waals surface area contributed by atoms with Crippen molar-refractivity contribution in [2.75, 3.05) is 0 Å². The summed E-state index contributed by atoms with van der Waals surface area (Å²) in [6, 6.07) is 9.88. The van der Waals surface area contributed by atoms with E-state index in [4.69, 9.17) is 17.0 Å². The number of H-pyrrole nitrogens is 1. The fourth-order valence-corrected chi connectivity index (χ4v) is 2.44. The highest BCUT2D eigenvalue weighted by Crippen LogP contribution is 2.28. The van der Waals surface area contributed by atoms with Crippen LogP contribution in [0.25, 0.3) is 22.0 Å². The molecule has 0 amide bonds. The normalized spacial score (nSPS) is 11.0. The van der Waals surface area contributed by atoms with Gasteiger partial charge in [-0.25, -0.2) is 0 Å². The maximum Gasteiger partial charge on any atom is 0.138 e. The maximum absolute atomic E-state index is 5.69. The number of nitrogens with zero attached hydrogens (tertiary/aromatic N) is 2. The minimum Gasteiger partial charge on any atom is -0.489 e. The van der Waals surface area contributed by atoms with Gasteiger partial charge in [-0.2, -0.15) is 5.10 Å². The minimum absolute atomic E-state index is 0.105. The van der Waals surface area contributed by atoms with Crippen molar-refractivity contribution in [3.63, 3.8) is 0 Å². The SMILES string of the molecule is CC(C)Oc1cncc(-c2n[nH]c(=S)c3ccccc23)c1. The predicted molar refractivity (Wildman–Crippen MR) is 85.9 cm³/mol. The van der Waals surface area contributed by atoms with E-state index >= 15 is 0 Å². The summed E-state index contributed by atoms with van der Waals surface area (Å²) in [4.78, 5) is 4.24. The molecule has 0 radical (unpaired) electrons. The van der Waals surface area contributed by atoms with Crippen LogP contribution in [0.1, 0.15) is 13.8 Å². The second-order valence-corrected chi connectivity index (χ2v) is 5.43. The van der Waals surface area contributed by atoms with Crippen LogP contribution in [0.15, 0.2) is 42.7 Å². The van der Waals surface area contributed by atoms with Gasteiger partial charge >= 0.3 is 0 Å². The van der Waals surface area contributed by atoms with Crippen molar-refractivity contribution in [1.82, 2.24) is 15.2 Å². The molecule has 0 atom stereocenters. The van der Waals surface area contributed by atoms with Gasteiger partial charge in [-0.05, 0) is 19.9 Å². The van der Waals surface area contributed by atoms with Crippen molar-refractivity contribution < 1.29 is 4.74 Å². The molecule has 0 aliphatic rings. The predicted octanol–water partition coefficient (Wildman–Crippen LogP) is 4.14. The van der Waals surface area contributed by atoms with Crippen LogP contribution >= 0.6 is 12.2 Å². The number of ether oxygens (including phenoxy) is 1. The molecule has 0 fully saturated rings. The first-order chi connectivity index (χ1) is 10.1. The standard InChI is InChI=1S/C16H15N3OS/c1-10(2)20-12-7-11(8-17-9-12)15-13-5-3-4-6-14(13)16(21)19-18-15/h3-10H,1-2H3,(H,19,21). The first-order valence-electron chi connectivity index (χ1n) is 6.74. The number of hydrogen-bond acceptors (Lipinski definition) is 4. The summed E-state index contributed by atoms with van der Waals surface area (Å²) in [6.45, 7) is 3.97. The monoisotopic (exact) mass is 297 g/mol. The Morgan fingerprint density at radius 3 is 2.67 bits per heavy atom. The van der Waals surface area contributed by atoms with Crippen molar-refractivity contribution in [3.05, 3.63) is 47.4 Å². The van der Waals surface area contributed by atoms with Crippen molar-refractivity contribution in [3.8, 4) is 17.0 Å². The van der Waals surface area contributed by atoms with Crippen molar-refractivity contribution >= 4 is 23.0 Å². The first kappa shape index (κ1) is 13.7. The second-order valence-electron chi connectivity index (χ2n) is 5.02. The Morgan fingerprint density at radius 2 is 1.90 bits per heavy atom. The quantitative estimate of drug-likeness (QED) is 0.738. The topological polar surface area (TPSA) is 50.8 Å². The second kappa shape index (κ2) is 5.61. The Hall–Kier alpha value is -2.27. The zero-order valence-corrected chi connectivity index (χ0v) is 12.6. The maximum atomic E-state index is 5.69. The molecule has 0 bridgehead atoms. The van der Waals surface area contributed by atoms with Crippen LogP contribution in [0.4, 0.5) is 0 Å². The molecule has 5 heteroatoms. The Balaban J connectivity index is 2.17. The molecule has 2 aromatic heterocycles. The summed E-state index contributed by atoms with van der Waals surface area (Å²) in [5.41, 5.74) is 1.72. The van der Waals surface area contributed by atoms with E-state index in [0.717, 1.165) is 27.8 Å². The fourth-order valence-electron chi connectivity index (χ4n) is 2.22. The van der Waals surface area contributed by atoms with Crippen LogP contribution in [-0.4, -0.2) is 21.3 Å². The lowest BCUT2D eigenvalue weighted by molar-refractivity contribution is 0.241. The number of nitrogens with one attached hydrogen (secondary N) is 1. The van der Waals surface area contributed by atoms with E-state index in [2.05, 4.69) is 15.2 Å². The molecule has 0 saturated heterocycles. The molecule has 0 aliphatic carbocycles. The third kappa shape index (κ3) is 2.78. The Labute approximate surface area is 127 Å². The molecule has 3 rings (SSSR count). The molecule has 1 aromatic carbocycles. The number of fused-ring (bicyclic) bond motifs is 1. The summed E-state index contributed by atoms with van der Waals surface area (Å²) in [7, 11) is 0. The molecule has 2 heterocycles. The van der Waals surface area contributed by atoms with E-state index in [1.165, 1.54) is 0 Å². The molecule has 4 nitrogen and oxygen atoms in total. The highest BCUT2D eigenvalue weighted by molar-refractivity contribution is 7.71. The van der Waals surface area contributed by atoms with Crippen LogP contribution in [0.3, 0.4) is 0 Å². The fraction of sp³-hybridized carbons (Fsp3) is 0.188. The van der Waals surface area contributed by atoms with Gasteiger partial charge in [-0.1, -0.05) is 36.5 Å². The van der Waals surface area contributed by atoms with Crippen LogP contribution in [-0.2, 0) is 0 Å². The molecular weight excluding hydrogens is 282 g/mol. The molecule has 0 unspecified atom stereocenters. The number of aromatic amines is 1. The van der Waals surface area contributed by atoms with E-state index in [1.54, 1.807) is 12.4 Å². The highest BCUT2D eigenvalue weighted by Gasteiger charge is 2.09.